The Hall–Kier alpha value is -2.37. The Bertz CT molecular complexity index is 629. The number of likely N-dealkylation sites (N-methyl/N-ethyl adjacent to an activating group) is 1. The van der Waals surface area contributed by atoms with Crippen molar-refractivity contribution in [3.8, 4) is 0 Å². The molecule has 2 aliphatic rings. The summed E-state index contributed by atoms with van der Waals surface area (Å²) in [5.41, 5.74) is 1.58. The van der Waals surface area contributed by atoms with Crippen molar-refractivity contribution in [3.63, 3.8) is 0 Å². The van der Waals surface area contributed by atoms with Gasteiger partial charge >= 0.3 is 0 Å². The molecule has 2 heterocycles. The van der Waals surface area contributed by atoms with Gasteiger partial charge in [0, 0.05) is 30.9 Å². The fourth-order valence-electron chi connectivity index (χ4n) is 3.01. The summed E-state index contributed by atoms with van der Waals surface area (Å²) in [5.74, 6) is -0.201. The lowest BCUT2D eigenvalue weighted by Crippen LogP contribution is -2.34. The van der Waals surface area contributed by atoms with Gasteiger partial charge in [-0.1, -0.05) is 6.07 Å². The van der Waals surface area contributed by atoms with E-state index in [2.05, 4.69) is 5.32 Å². The first-order valence-electron chi connectivity index (χ1n) is 7.61. The van der Waals surface area contributed by atoms with Gasteiger partial charge in [0.1, 0.15) is 6.04 Å². The summed E-state index contributed by atoms with van der Waals surface area (Å²) in [5, 5.41) is 3.11. The van der Waals surface area contributed by atoms with Crippen molar-refractivity contribution in [1.82, 2.24) is 4.90 Å². The quantitative estimate of drug-likeness (QED) is 0.853. The molecule has 0 radical (unpaired) electrons. The highest BCUT2D eigenvalue weighted by Gasteiger charge is 2.37. The van der Waals surface area contributed by atoms with Gasteiger partial charge in [0.05, 0.1) is 6.42 Å². The van der Waals surface area contributed by atoms with E-state index in [-0.39, 0.29) is 24.1 Å². The van der Waals surface area contributed by atoms with Crippen LogP contribution >= 0.6 is 0 Å². The van der Waals surface area contributed by atoms with E-state index in [1.54, 1.807) is 11.8 Å². The molecule has 0 aromatic heterocycles. The van der Waals surface area contributed by atoms with Crippen LogP contribution in [0.3, 0.4) is 0 Å². The number of likely N-dealkylation sites (tertiary alicyclic amines) is 1. The van der Waals surface area contributed by atoms with Crippen molar-refractivity contribution in [2.24, 2.45) is 0 Å². The molecule has 2 aliphatic heterocycles. The second-order valence-corrected chi connectivity index (χ2v) is 5.58. The number of benzene rings is 1. The van der Waals surface area contributed by atoms with E-state index in [1.807, 2.05) is 24.3 Å². The number of nitrogens with zero attached hydrogens (tertiary/aromatic N) is 2. The third-order valence-electron chi connectivity index (χ3n) is 4.13. The second-order valence-electron chi connectivity index (χ2n) is 5.58. The fourth-order valence-corrected chi connectivity index (χ4v) is 3.01. The van der Waals surface area contributed by atoms with Gasteiger partial charge in [-0.05, 0) is 31.5 Å². The Labute approximate surface area is 129 Å². The molecule has 22 heavy (non-hydrogen) atoms. The van der Waals surface area contributed by atoms with Crippen LogP contribution in [0.15, 0.2) is 24.3 Å². The molecular formula is C16H19N3O3. The smallest absolute Gasteiger partial charge is 0.252 e. The Balaban J connectivity index is 1.75. The number of imide groups is 1. The van der Waals surface area contributed by atoms with E-state index in [4.69, 9.17) is 0 Å². The second kappa shape index (κ2) is 5.79. The number of hydrogen-bond donors (Lipinski definition) is 1. The average molecular weight is 301 g/mol. The van der Waals surface area contributed by atoms with E-state index in [9.17, 15) is 14.4 Å². The first-order valence-corrected chi connectivity index (χ1v) is 7.61. The number of hydrogen-bond acceptors (Lipinski definition) is 4. The zero-order valence-corrected chi connectivity index (χ0v) is 12.5. The van der Waals surface area contributed by atoms with Crippen LogP contribution in [0.4, 0.5) is 11.4 Å². The highest BCUT2D eigenvalue weighted by atomic mass is 16.2. The van der Waals surface area contributed by atoms with Crippen LogP contribution in [0.1, 0.15) is 26.2 Å². The van der Waals surface area contributed by atoms with Gasteiger partial charge < -0.3 is 10.2 Å². The van der Waals surface area contributed by atoms with Crippen LogP contribution in [-0.2, 0) is 14.4 Å². The maximum absolute atomic E-state index is 12.1. The number of nitrogens with one attached hydrogen (secondary N) is 1. The molecule has 6 nitrogen and oxygen atoms in total. The Morgan fingerprint density at radius 1 is 1.23 bits per heavy atom. The van der Waals surface area contributed by atoms with Crippen molar-refractivity contribution in [1.29, 1.82) is 0 Å². The lowest BCUT2D eigenvalue weighted by atomic mass is 10.2. The maximum Gasteiger partial charge on any atom is 0.252 e. The van der Waals surface area contributed by atoms with Gasteiger partial charge in [-0.15, -0.1) is 0 Å². The highest BCUT2D eigenvalue weighted by molar-refractivity contribution is 6.06. The molecule has 116 valence electrons. The molecule has 0 bridgehead atoms. The van der Waals surface area contributed by atoms with E-state index >= 15 is 0 Å². The van der Waals surface area contributed by atoms with E-state index < -0.39 is 6.04 Å². The molecule has 1 N–H and O–H groups in total. The molecule has 1 unspecified atom stereocenters. The van der Waals surface area contributed by atoms with Crippen LogP contribution in [0.25, 0.3) is 0 Å². The van der Waals surface area contributed by atoms with E-state index in [1.165, 1.54) is 4.90 Å². The summed E-state index contributed by atoms with van der Waals surface area (Å²) in [6.45, 7) is 2.92. The van der Waals surface area contributed by atoms with Crippen LogP contribution in [0.5, 0.6) is 0 Å². The molecule has 3 amide bonds. The Morgan fingerprint density at radius 2 is 2.05 bits per heavy atom. The first-order chi connectivity index (χ1) is 10.6. The van der Waals surface area contributed by atoms with Gasteiger partial charge in [0.2, 0.25) is 11.8 Å². The molecule has 0 saturated carbocycles. The largest absolute Gasteiger partial charge is 0.373 e. The highest BCUT2D eigenvalue weighted by Crippen LogP contribution is 2.26. The molecule has 0 spiro atoms. The minimum Gasteiger partial charge on any atom is -0.373 e. The minimum absolute atomic E-state index is 0.126. The Morgan fingerprint density at radius 3 is 2.68 bits per heavy atom. The van der Waals surface area contributed by atoms with Crippen LogP contribution in [0.2, 0.25) is 0 Å². The van der Waals surface area contributed by atoms with Crippen molar-refractivity contribution in [3.05, 3.63) is 24.3 Å². The predicted molar refractivity (Wildman–Crippen MR) is 82.5 cm³/mol. The number of anilines is 2. The molecule has 2 saturated heterocycles. The standard InChI is InChI=1S/C16H19N3O3/c1-2-18-15(21)10-13(16(18)22)17-11-5-3-6-12(9-11)19-8-4-7-14(19)20/h3,5-6,9,13,17H,2,4,7-8,10H2,1H3. The van der Waals surface area contributed by atoms with Gasteiger partial charge in [-0.25, -0.2) is 0 Å². The fraction of sp³-hybridized carbons (Fsp3) is 0.438. The monoisotopic (exact) mass is 301 g/mol. The summed E-state index contributed by atoms with van der Waals surface area (Å²) >= 11 is 0. The molecule has 0 aliphatic carbocycles. The van der Waals surface area contributed by atoms with Gasteiger partial charge in [0.25, 0.3) is 5.91 Å². The van der Waals surface area contributed by atoms with E-state index in [0.29, 0.717) is 13.0 Å². The summed E-state index contributed by atoms with van der Waals surface area (Å²) < 4.78 is 0. The van der Waals surface area contributed by atoms with Crippen LogP contribution in [0, 0.1) is 0 Å². The minimum atomic E-state index is -0.517. The molecule has 3 rings (SSSR count). The predicted octanol–water partition coefficient (Wildman–Crippen LogP) is 1.37. The number of carbonyl (C=O) groups is 3. The van der Waals surface area contributed by atoms with Gasteiger partial charge in [-0.2, -0.15) is 0 Å². The Kier molecular flexibility index (Phi) is 3.83. The number of amides is 3. The summed E-state index contributed by atoms with van der Waals surface area (Å²) in [6, 6.07) is 6.92. The lowest BCUT2D eigenvalue weighted by Gasteiger charge is -2.18. The zero-order valence-electron chi connectivity index (χ0n) is 12.5. The number of carbonyl (C=O) groups excluding carboxylic acids is 3. The summed E-state index contributed by atoms with van der Waals surface area (Å²) in [4.78, 5) is 38.7. The molecule has 1 aromatic carbocycles. The zero-order chi connectivity index (χ0) is 15.7. The number of rotatable bonds is 4. The molecular weight excluding hydrogens is 282 g/mol. The third kappa shape index (κ3) is 2.56. The summed E-state index contributed by atoms with van der Waals surface area (Å²) in [6.07, 6.45) is 1.63. The molecule has 6 heteroatoms. The SMILES string of the molecule is CCN1C(=O)CC(Nc2cccc(N3CCCC3=O)c2)C1=O. The molecule has 1 aromatic rings. The van der Waals surface area contributed by atoms with E-state index in [0.717, 1.165) is 24.3 Å². The van der Waals surface area contributed by atoms with Crippen molar-refractivity contribution in [2.45, 2.75) is 32.2 Å². The normalized spacial score (nSPS) is 21.9. The van der Waals surface area contributed by atoms with Crippen LogP contribution < -0.4 is 10.2 Å². The molecule has 2 fully saturated rings. The van der Waals surface area contributed by atoms with Crippen LogP contribution in [-0.4, -0.2) is 41.8 Å². The van der Waals surface area contributed by atoms with Gasteiger partial charge in [-0.3, -0.25) is 19.3 Å². The maximum atomic E-state index is 12.1. The third-order valence-corrected chi connectivity index (χ3v) is 4.13. The first kappa shape index (κ1) is 14.6. The van der Waals surface area contributed by atoms with Gasteiger partial charge in [0.15, 0.2) is 0 Å². The van der Waals surface area contributed by atoms with Crippen molar-refractivity contribution in [2.75, 3.05) is 23.3 Å². The summed E-state index contributed by atoms with van der Waals surface area (Å²) in [7, 11) is 0. The van der Waals surface area contributed by atoms with Crippen molar-refractivity contribution >= 4 is 29.1 Å². The lowest BCUT2D eigenvalue weighted by molar-refractivity contribution is -0.138. The average Bonchev–Trinajstić information content (AvgIpc) is 3.04. The topological polar surface area (TPSA) is 69.7 Å². The van der Waals surface area contributed by atoms with Crippen molar-refractivity contribution < 1.29 is 14.4 Å². The molecule has 1 atom stereocenters.